The SMILES string of the molecule is CCC(CC)NC(=O)C(C)Sc1c(N)cccc1Cl. The Morgan fingerprint density at radius 3 is 2.58 bits per heavy atom. The van der Waals surface area contributed by atoms with E-state index in [1.807, 2.05) is 6.92 Å². The van der Waals surface area contributed by atoms with Gasteiger partial charge in [-0.05, 0) is 31.9 Å². The second-order valence-electron chi connectivity index (χ2n) is 4.44. The van der Waals surface area contributed by atoms with Gasteiger partial charge in [-0.1, -0.05) is 31.5 Å². The van der Waals surface area contributed by atoms with Gasteiger partial charge in [-0.2, -0.15) is 0 Å². The average Bonchev–Trinajstić information content (AvgIpc) is 2.39. The summed E-state index contributed by atoms with van der Waals surface area (Å²) in [5, 5.41) is 3.40. The number of thioether (sulfide) groups is 1. The summed E-state index contributed by atoms with van der Waals surface area (Å²) in [4.78, 5) is 12.9. The molecule has 1 atom stereocenters. The van der Waals surface area contributed by atoms with E-state index in [2.05, 4.69) is 19.2 Å². The molecule has 0 spiro atoms. The Bertz CT molecular complexity index is 415. The lowest BCUT2D eigenvalue weighted by Crippen LogP contribution is -2.38. The van der Waals surface area contributed by atoms with Crippen LogP contribution in [-0.4, -0.2) is 17.2 Å². The van der Waals surface area contributed by atoms with E-state index in [-0.39, 0.29) is 17.2 Å². The van der Waals surface area contributed by atoms with Crippen LogP contribution in [-0.2, 0) is 4.79 Å². The third kappa shape index (κ3) is 4.62. The minimum Gasteiger partial charge on any atom is -0.398 e. The summed E-state index contributed by atoms with van der Waals surface area (Å²) in [6, 6.07) is 5.61. The molecule has 0 aromatic heterocycles. The Hall–Kier alpha value is -0.870. The monoisotopic (exact) mass is 300 g/mol. The van der Waals surface area contributed by atoms with Crippen molar-refractivity contribution in [3.8, 4) is 0 Å². The second-order valence-corrected chi connectivity index (χ2v) is 6.20. The van der Waals surface area contributed by atoms with Crippen molar-refractivity contribution in [2.75, 3.05) is 5.73 Å². The number of benzene rings is 1. The van der Waals surface area contributed by atoms with Gasteiger partial charge in [-0.3, -0.25) is 4.79 Å². The molecule has 1 rings (SSSR count). The van der Waals surface area contributed by atoms with E-state index in [4.69, 9.17) is 17.3 Å². The predicted octanol–water partition coefficient (Wildman–Crippen LogP) is 3.71. The highest BCUT2D eigenvalue weighted by Gasteiger charge is 2.19. The summed E-state index contributed by atoms with van der Waals surface area (Å²) in [7, 11) is 0. The van der Waals surface area contributed by atoms with Crippen LogP contribution in [0.4, 0.5) is 5.69 Å². The van der Waals surface area contributed by atoms with Crippen LogP contribution in [0, 0.1) is 0 Å². The molecule has 1 unspecified atom stereocenters. The smallest absolute Gasteiger partial charge is 0.233 e. The molecule has 5 heteroatoms. The molecule has 106 valence electrons. The number of nitrogens with two attached hydrogens (primary N) is 1. The number of halogens is 1. The molecule has 0 saturated heterocycles. The van der Waals surface area contributed by atoms with E-state index < -0.39 is 0 Å². The van der Waals surface area contributed by atoms with Crippen LogP contribution in [0.25, 0.3) is 0 Å². The van der Waals surface area contributed by atoms with E-state index >= 15 is 0 Å². The van der Waals surface area contributed by atoms with Crippen LogP contribution in [0.1, 0.15) is 33.6 Å². The lowest BCUT2D eigenvalue weighted by molar-refractivity contribution is -0.121. The van der Waals surface area contributed by atoms with Gasteiger partial charge in [0.25, 0.3) is 0 Å². The predicted molar refractivity (Wildman–Crippen MR) is 83.7 cm³/mol. The van der Waals surface area contributed by atoms with E-state index in [0.29, 0.717) is 10.7 Å². The zero-order chi connectivity index (χ0) is 14.4. The first-order valence-electron chi connectivity index (χ1n) is 6.50. The number of amides is 1. The number of hydrogen-bond acceptors (Lipinski definition) is 3. The van der Waals surface area contributed by atoms with Gasteiger partial charge in [0, 0.05) is 16.6 Å². The first-order valence-corrected chi connectivity index (χ1v) is 7.76. The molecular weight excluding hydrogens is 280 g/mol. The van der Waals surface area contributed by atoms with Crippen molar-refractivity contribution in [3.05, 3.63) is 23.2 Å². The van der Waals surface area contributed by atoms with Crippen molar-refractivity contribution in [1.82, 2.24) is 5.32 Å². The molecule has 0 aliphatic rings. The fourth-order valence-electron chi connectivity index (χ4n) is 1.69. The van der Waals surface area contributed by atoms with Gasteiger partial charge in [0.15, 0.2) is 0 Å². The normalized spacial score (nSPS) is 12.5. The Balaban J connectivity index is 2.69. The van der Waals surface area contributed by atoms with E-state index in [1.54, 1.807) is 18.2 Å². The molecule has 0 fully saturated rings. The van der Waals surface area contributed by atoms with Crippen molar-refractivity contribution in [1.29, 1.82) is 0 Å². The number of carbonyl (C=O) groups is 1. The van der Waals surface area contributed by atoms with Crippen LogP contribution in [0.15, 0.2) is 23.1 Å². The molecule has 0 aliphatic heterocycles. The zero-order valence-corrected chi connectivity index (χ0v) is 13.1. The Kier molecular flexibility index (Phi) is 6.52. The van der Waals surface area contributed by atoms with Gasteiger partial charge in [0.05, 0.1) is 10.3 Å². The van der Waals surface area contributed by atoms with Crippen molar-refractivity contribution >= 4 is 35.0 Å². The lowest BCUT2D eigenvalue weighted by Gasteiger charge is -2.19. The number of rotatable bonds is 6. The second kappa shape index (κ2) is 7.65. The number of hydrogen-bond donors (Lipinski definition) is 2. The highest BCUT2D eigenvalue weighted by atomic mass is 35.5. The maximum atomic E-state index is 12.1. The zero-order valence-electron chi connectivity index (χ0n) is 11.6. The quantitative estimate of drug-likeness (QED) is 0.622. The summed E-state index contributed by atoms with van der Waals surface area (Å²) in [6.45, 7) is 6.00. The van der Waals surface area contributed by atoms with Gasteiger partial charge >= 0.3 is 0 Å². The highest BCUT2D eigenvalue weighted by Crippen LogP contribution is 2.35. The third-order valence-corrected chi connectivity index (χ3v) is 4.68. The van der Waals surface area contributed by atoms with Crippen molar-refractivity contribution < 1.29 is 4.79 Å². The van der Waals surface area contributed by atoms with E-state index in [9.17, 15) is 4.79 Å². The molecule has 0 bridgehead atoms. The lowest BCUT2D eigenvalue weighted by atomic mass is 10.2. The number of nitrogens with one attached hydrogen (secondary N) is 1. The summed E-state index contributed by atoms with van der Waals surface area (Å²) < 4.78 is 0. The fraction of sp³-hybridized carbons (Fsp3) is 0.500. The van der Waals surface area contributed by atoms with Crippen molar-refractivity contribution in [2.45, 2.75) is 49.8 Å². The number of nitrogen functional groups attached to an aromatic ring is 1. The standard InChI is InChI=1S/C14H21ClN2OS/c1-4-10(5-2)17-14(18)9(3)19-13-11(15)7-6-8-12(13)16/h6-10H,4-5,16H2,1-3H3,(H,17,18). The molecule has 0 aliphatic carbocycles. The van der Waals surface area contributed by atoms with Gasteiger partial charge in [0.2, 0.25) is 5.91 Å². The molecule has 3 nitrogen and oxygen atoms in total. The van der Waals surface area contributed by atoms with Crippen molar-refractivity contribution in [3.63, 3.8) is 0 Å². The van der Waals surface area contributed by atoms with Crippen molar-refractivity contribution in [2.24, 2.45) is 0 Å². The Morgan fingerprint density at radius 2 is 2.05 bits per heavy atom. The summed E-state index contributed by atoms with van der Waals surface area (Å²) >= 11 is 7.50. The molecule has 0 radical (unpaired) electrons. The molecule has 3 N–H and O–H groups in total. The number of carbonyl (C=O) groups excluding carboxylic acids is 1. The largest absolute Gasteiger partial charge is 0.398 e. The first kappa shape index (κ1) is 16.2. The van der Waals surface area contributed by atoms with Gasteiger partial charge in [-0.15, -0.1) is 11.8 Å². The highest BCUT2D eigenvalue weighted by molar-refractivity contribution is 8.00. The molecule has 1 amide bonds. The van der Waals surface area contributed by atoms with Crippen LogP contribution in [0.2, 0.25) is 5.02 Å². The third-order valence-electron chi connectivity index (χ3n) is 2.99. The van der Waals surface area contributed by atoms with Gasteiger partial charge < -0.3 is 11.1 Å². The minimum atomic E-state index is -0.220. The fourth-order valence-corrected chi connectivity index (χ4v) is 2.92. The Labute approximate surface area is 124 Å². The van der Waals surface area contributed by atoms with Crippen LogP contribution >= 0.6 is 23.4 Å². The number of anilines is 1. The average molecular weight is 301 g/mol. The summed E-state index contributed by atoms with van der Waals surface area (Å²) in [6.07, 6.45) is 1.88. The molecule has 1 aromatic carbocycles. The first-order chi connectivity index (χ1) is 8.99. The van der Waals surface area contributed by atoms with E-state index in [0.717, 1.165) is 17.7 Å². The van der Waals surface area contributed by atoms with Crippen LogP contribution in [0.5, 0.6) is 0 Å². The van der Waals surface area contributed by atoms with E-state index in [1.165, 1.54) is 11.8 Å². The Morgan fingerprint density at radius 1 is 1.42 bits per heavy atom. The molecule has 1 aromatic rings. The van der Waals surface area contributed by atoms with Crippen LogP contribution in [0.3, 0.4) is 0 Å². The molecule has 0 heterocycles. The maximum Gasteiger partial charge on any atom is 0.233 e. The summed E-state index contributed by atoms with van der Waals surface area (Å²) in [5.74, 6) is 0.0259. The molecule has 0 saturated carbocycles. The molecular formula is C14H21ClN2OS. The summed E-state index contributed by atoms with van der Waals surface area (Å²) in [5.41, 5.74) is 6.50. The maximum absolute atomic E-state index is 12.1. The van der Waals surface area contributed by atoms with Gasteiger partial charge in [0.1, 0.15) is 0 Å². The topological polar surface area (TPSA) is 55.1 Å². The van der Waals surface area contributed by atoms with Crippen LogP contribution < -0.4 is 11.1 Å². The molecule has 19 heavy (non-hydrogen) atoms. The van der Waals surface area contributed by atoms with Gasteiger partial charge in [-0.25, -0.2) is 0 Å². The minimum absolute atomic E-state index is 0.0259.